The van der Waals surface area contributed by atoms with Gasteiger partial charge in [-0.3, -0.25) is 0 Å². The summed E-state index contributed by atoms with van der Waals surface area (Å²) in [4.78, 5) is 0. The summed E-state index contributed by atoms with van der Waals surface area (Å²) in [6.07, 6.45) is 0. The fraction of sp³-hybridized carbons (Fsp3) is 0.0667. The normalized spacial score (nSPS) is 10.2. The van der Waals surface area contributed by atoms with Crippen molar-refractivity contribution in [3.05, 3.63) is 65.7 Å². The highest BCUT2D eigenvalue weighted by Crippen LogP contribution is 2.17. The van der Waals surface area contributed by atoms with Crippen LogP contribution in [0.1, 0.15) is 11.1 Å². The Kier molecular flexibility index (Phi) is 3.21. The molecule has 3 rings (SSSR count). The maximum atomic E-state index is 9.12. The zero-order valence-corrected chi connectivity index (χ0v) is 10.6. The summed E-state index contributed by atoms with van der Waals surface area (Å²) >= 11 is 0. The monoisotopic (exact) mass is 261 g/mol. The maximum absolute atomic E-state index is 9.12. The van der Waals surface area contributed by atoms with E-state index >= 15 is 0 Å². The lowest BCUT2D eigenvalue weighted by atomic mass is 10.1. The van der Waals surface area contributed by atoms with Gasteiger partial charge in [0.1, 0.15) is 0 Å². The Morgan fingerprint density at radius 2 is 1.75 bits per heavy atom. The van der Waals surface area contributed by atoms with Gasteiger partial charge in [-0.05, 0) is 22.1 Å². The number of tetrazole rings is 1. The first-order valence-electron chi connectivity index (χ1n) is 6.18. The van der Waals surface area contributed by atoms with E-state index in [2.05, 4.69) is 21.6 Å². The van der Waals surface area contributed by atoms with Crippen molar-refractivity contribution in [3.63, 3.8) is 0 Å². The molecule has 0 radical (unpaired) electrons. The second-order valence-corrected chi connectivity index (χ2v) is 4.30. The van der Waals surface area contributed by atoms with Crippen molar-refractivity contribution >= 4 is 0 Å². The lowest BCUT2D eigenvalue weighted by Gasteiger charge is -2.06. The van der Waals surface area contributed by atoms with Crippen molar-refractivity contribution in [1.29, 1.82) is 5.26 Å². The van der Waals surface area contributed by atoms with Crippen LogP contribution in [0.3, 0.4) is 0 Å². The molecule has 0 aliphatic carbocycles. The van der Waals surface area contributed by atoms with Gasteiger partial charge < -0.3 is 0 Å². The van der Waals surface area contributed by atoms with Crippen LogP contribution in [0.2, 0.25) is 0 Å². The Hall–Kier alpha value is -3.00. The number of aromatic nitrogens is 4. The van der Waals surface area contributed by atoms with Gasteiger partial charge in [0.2, 0.25) is 0 Å². The summed E-state index contributed by atoms with van der Waals surface area (Å²) in [6, 6.07) is 19.4. The zero-order valence-electron chi connectivity index (χ0n) is 10.6. The predicted molar refractivity (Wildman–Crippen MR) is 73.5 cm³/mol. The van der Waals surface area contributed by atoms with Crippen molar-refractivity contribution in [1.82, 2.24) is 20.2 Å². The molecule has 0 aliphatic heterocycles. The molecule has 0 N–H and O–H groups in total. The van der Waals surface area contributed by atoms with E-state index in [0.29, 0.717) is 17.9 Å². The third-order valence-electron chi connectivity index (χ3n) is 3.02. The van der Waals surface area contributed by atoms with Gasteiger partial charge in [0, 0.05) is 5.56 Å². The van der Waals surface area contributed by atoms with Gasteiger partial charge in [0.05, 0.1) is 18.2 Å². The molecule has 5 heteroatoms. The molecule has 0 saturated carbocycles. The average Bonchev–Trinajstić information content (AvgIpc) is 2.97. The Morgan fingerprint density at radius 1 is 1.00 bits per heavy atom. The molecular formula is C15H11N5. The van der Waals surface area contributed by atoms with Crippen molar-refractivity contribution in [2.24, 2.45) is 0 Å². The molecule has 1 heterocycles. The van der Waals surface area contributed by atoms with Crippen molar-refractivity contribution < 1.29 is 0 Å². The van der Waals surface area contributed by atoms with Crippen LogP contribution in [0.4, 0.5) is 0 Å². The molecule has 0 amide bonds. The molecule has 0 spiro atoms. The van der Waals surface area contributed by atoms with Crippen LogP contribution in [0.5, 0.6) is 0 Å². The lowest BCUT2D eigenvalue weighted by molar-refractivity contribution is 0.652. The van der Waals surface area contributed by atoms with Crippen molar-refractivity contribution in [2.75, 3.05) is 0 Å². The molecule has 0 fully saturated rings. The van der Waals surface area contributed by atoms with E-state index in [0.717, 1.165) is 11.1 Å². The van der Waals surface area contributed by atoms with Gasteiger partial charge in [-0.1, -0.05) is 48.5 Å². The highest BCUT2D eigenvalue weighted by molar-refractivity contribution is 5.54. The standard InChI is InChI=1S/C15H11N5/c16-10-13-8-4-5-9-14(13)11-20-15(17-18-19-20)12-6-2-1-3-7-12/h1-9H,11H2. The van der Waals surface area contributed by atoms with E-state index in [-0.39, 0.29) is 0 Å². The minimum Gasteiger partial charge on any atom is -0.221 e. The fourth-order valence-electron chi connectivity index (χ4n) is 2.03. The van der Waals surface area contributed by atoms with E-state index in [1.165, 1.54) is 0 Å². The molecular weight excluding hydrogens is 250 g/mol. The summed E-state index contributed by atoms with van der Waals surface area (Å²) in [5.74, 6) is 0.693. The van der Waals surface area contributed by atoms with Crippen LogP contribution in [0.25, 0.3) is 11.4 Å². The maximum Gasteiger partial charge on any atom is 0.182 e. The summed E-state index contributed by atoms with van der Waals surface area (Å²) in [7, 11) is 0. The summed E-state index contributed by atoms with van der Waals surface area (Å²) in [5.41, 5.74) is 2.49. The smallest absolute Gasteiger partial charge is 0.182 e. The summed E-state index contributed by atoms with van der Waals surface area (Å²) in [5, 5.41) is 20.9. The second-order valence-electron chi connectivity index (χ2n) is 4.30. The molecule has 3 aromatic rings. The van der Waals surface area contributed by atoms with Crippen LogP contribution in [0.15, 0.2) is 54.6 Å². The van der Waals surface area contributed by atoms with Crippen LogP contribution in [-0.2, 0) is 6.54 Å². The minimum atomic E-state index is 0.473. The predicted octanol–water partition coefficient (Wildman–Crippen LogP) is 2.26. The first-order chi connectivity index (χ1) is 9.88. The third-order valence-corrected chi connectivity index (χ3v) is 3.02. The van der Waals surface area contributed by atoms with E-state index in [1.54, 1.807) is 10.7 Å². The number of rotatable bonds is 3. The van der Waals surface area contributed by atoms with Crippen LogP contribution < -0.4 is 0 Å². The van der Waals surface area contributed by atoms with Gasteiger partial charge in [-0.15, -0.1) is 5.10 Å². The number of nitrogens with zero attached hydrogens (tertiary/aromatic N) is 5. The molecule has 0 bridgehead atoms. The number of nitriles is 1. The highest BCUT2D eigenvalue weighted by atomic mass is 15.5. The molecule has 0 atom stereocenters. The first-order valence-corrected chi connectivity index (χ1v) is 6.18. The molecule has 0 saturated heterocycles. The zero-order chi connectivity index (χ0) is 13.8. The average molecular weight is 261 g/mol. The Labute approximate surface area is 116 Å². The number of hydrogen-bond donors (Lipinski definition) is 0. The quantitative estimate of drug-likeness (QED) is 0.725. The highest BCUT2D eigenvalue weighted by Gasteiger charge is 2.10. The second kappa shape index (κ2) is 5.33. The number of hydrogen-bond acceptors (Lipinski definition) is 4. The first kappa shape index (κ1) is 12.1. The molecule has 20 heavy (non-hydrogen) atoms. The van der Waals surface area contributed by atoms with Crippen LogP contribution in [-0.4, -0.2) is 20.2 Å². The van der Waals surface area contributed by atoms with Gasteiger partial charge in [-0.2, -0.15) is 5.26 Å². The van der Waals surface area contributed by atoms with E-state index < -0.39 is 0 Å². The summed E-state index contributed by atoms with van der Waals surface area (Å²) in [6.45, 7) is 0.473. The van der Waals surface area contributed by atoms with E-state index in [9.17, 15) is 0 Å². The molecule has 2 aromatic carbocycles. The molecule has 1 aromatic heterocycles. The Morgan fingerprint density at radius 3 is 2.55 bits per heavy atom. The van der Waals surface area contributed by atoms with E-state index in [4.69, 9.17) is 5.26 Å². The fourth-order valence-corrected chi connectivity index (χ4v) is 2.03. The molecule has 0 aliphatic rings. The Bertz CT molecular complexity index is 755. The van der Waals surface area contributed by atoms with Crippen LogP contribution >= 0.6 is 0 Å². The minimum absolute atomic E-state index is 0.473. The lowest BCUT2D eigenvalue weighted by Crippen LogP contribution is -2.05. The van der Waals surface area contributed by atoms with Gasteiger partial charge in [0.25, 0.3) is 0 Å². The van der Waals surface area contributed by atoms with Crippen LogP contribution in [0, 0.1) is 11.3 Å². The van der Waals surface area contributed by atoms with Gasteiger partial charge >= 0.3 is 0 Å². The van der Waals surface area contributed by atoms with E-state index in [1.807, 2.05) is 48.5 Å². The SMILES string of the molecule is N#Cc1ccccc1Cn1nnnc1-c1ccccc1. The largest absolute Gasteiger partial charge is 0.221 e. The topological polar surface area (TPSA) is 67.4 Å². The van der Waals surface area contributed by atoms with Crippen molar-refractivity contribution in [3.8, 4) is 17.5 Å². The summed E-state index contributed by atoms with van der Waals surface area (Å²) < 4.78 is 1.70. The third kappa shape index (κ3) is 2.27. The molecule has 5 nitrogen and oxygen atoms in total. The van der Waals surface area contributed by atoms with Gasteiger partial charge in [-0.25, -0.2) is 4.68 Å². The molecule has 96 valence electrons. The number of benzene rings is 2. The van der Waals surface area contributed by atoms with Gasteiger partial charge in [0.15, 0.2) is 5.82 Å². The van der Waals surface area contributed by atoms with Crippen molar-refractivity contribution in [2.45, 2.75) is 6.54 Å². The Balaban J connectivity index is 1.98. The molecule has 0 unspecified atom stereocenters.